The third-order valence-electron chi connectivity index (χ3n) is 12.4. The summed E-state index contributed by atoms with van der Waals surface area (Å²) >= 11 is 3.77. The molecule has 0 fully saturated rings. The molecular weight excluding hydrogens is 787 g/mol. The van der Waals surface area contributed by atoms with Gasteiger partial charge >= 0.3 is 0 Å². The second-order valence-electron chi connectivity index (χ2n) is 16.1. The van der Waals surface area contributed by atoms with E-state index in [1.165, 1.54) is 90.1 Å². The molecule has 0 N–H and O–H groups in total. The zero-order valence-corrected chi connectivity index (χ0v) is 35.4. The number of hydrogen-bond acceptors (Lipinski definition) is 3. The average Bonchev–Trinajstić information content (AvgIpc) is 3.90. The monoisotopic (exact) mass is 825 g/mol. The first-order valence-electron chi connectivity index (χ1n) is 21.2. The topological polar surface area (TPSA) is 3.24 Å². The van der Waals surface area contributed by atoms with Gasteiger partial charge in [0.2, 0.25) is 0 Å². The van der Waals surface area contributed by atoms with Crippen molar-refractivity contribution in [2.45, 2.75) is 5.92 Å². The maximum absolute atomic E-state index is 2.45. The molecule has 0 spiro atoms. The summed E-state index contributed by atoms with van der Waals surface area (Å²) in [6.45, 7) is 0. The van der Waals surface area contributed by atoms with Crippen molar-refractivity contribution in [2.75, 3.05) is 4.90 Å². The molecule has 0 aliphatic carbocycles. The Labute approximate surface area is 369 Å². The summed E-state index contributed by atoms with van der Waals surface area (Å²) < 4.78 is 5.25. The summed E-state index contributed by atoms with van der Waals surface area (Å²) in [6, 6.07) is 84.9. The van der Waals surface area contributed by atoms with E-state index < -0.39 is 0 Å². The fraction of sp³-hybridized carbons (Fsp3) is 0.0169. The summed E-state index contributed by atoms with van der Waals surface area (Å²) in [4.78, 5) is 2.38. The van der Waals surface area contributed by atoms with Gasteiger partial charge in [-0.15, -0.1) is 22.7 Å². The predicted octanol–water partition coefficient (Wildman–Crippen LogP) is 17.6. The SMILES string of the molecule is c1ccc(-c2ccc(C(c3ccc4c(c3)sc3ccccc34)c3ccc4c(c3)sc3ccc(N(c5ccccc5)c5ccc(-c6cccc7ccccc67)cc5)cc34)cc2)cc1. The third kappa shape index (κ3) is 6.46. The van der Waals surface area contributed by atoms with Crippen LogP contribution < -0.4 is 4.90 Å². The van der Waals surface area contributed by atoms with E-state index in [9.17, 15) is 0 Å². The van der Waals surface area contributed by atoms with Crippen molar-refractivity contribution in [3.63, 3.8) is 0 Å². The highest BCUT2D eigenvalue weighted by atomic mass is 32.1. The van der Waals surface area contributed by atoms with Gasteiger partial charge in [0.05, 0.1) is 0 Å². The summed E-state index contributed by atoms with van der Waals surface area (Å²) in [5, 5.41) is 7.74. The van der Waals surface area contributed by atoms with Gasteiger partial charge in [-0.25, -0.2) is 0 Å². The van der Waals surface area contributed by atoms with Crippen molar-refractivity contribution < 1.29 is 0 Å². The number of nitrogens with zero attached hydrogens (tertiary/aromatic N) is 1. The van der Waals surface area contributed by atoms with Crippen LogP contribution >= 0.6 is 22.7 Å². The van der Waals surface area contributed by atoms with Crippen LogP contribution in [-0.2, 0) is 0 Å². The first-order valence-corrected chi connectivity index (χ1v) is 22.8. The van der Waals surface area contributed by atoms with Gasteiger partial charge in [-0.1, -0.05) is 170 Å². The minimum Gasteiger partial charge on any atom is -0.310 e. The molecule has 0 aliphatic heterocycles. The van der Waals surface area contributed by atoms with Crippen LogP contribution in [0.3, 0.4) is 0 Å². The quantitative estimate of drug-likeness (QED) is 0.138. The summed E-state index contributed by atoms with van der Waals surface area (Å²) in [5.74, 6) is 0.0741. The molecule has 0 amide bonds. The predicted molar refractivity (Wildman–Crippen MR) is 269 cm³/mol. The van der Waals surface area contributed by atoms with Crippen molar-refractivity contribution in [1.82, 2.24) is 0 Å². The van der Waals surface area contributed by atoms with Crippen LogP contribution in [-0.4, -0.2) is 0 Å². The molecule has 1 atom stereocenters. The fourth-order valence-corrected chi connectivity index (χ4v) is 11.7. The lowest BCUT2D eigenvalue weighted by molar-refractivity contribution is 0.984. The Bertz CT molecular complexity index is 3560. The van der Waals surface area contributed by atoms with Crippen LogP contribution in [0.15, 0.2) is 231 Å². The van der Waals surface area contributed by atoms with Gasteiger partial charge in [0.15, 0.2) is 0 Å². The zero-order chi connectivity index (χ0) is 41.0. The second kappa shape index (κ2) is 15.3. The van der Waals surface area contributed by atoms with Crippen LogP contribution in [0.5, 0.6) is 0 Å². The van der Waals surface area contributed by atoms with Crippen molar-refractivity contribution >= 4 is 90.9 Å². The molecule has 2 heterocycles. The third-order valence-corrected chi connectivity index (χ3v) is 14.7. The van der Waals surface area contributed by atoms with E-state index in [0.29, 0.717) is 0 Å². The molecule has 10 aromatic carbocycles. The first kappa shape index (κ1) is 36.5. The lowest BCUT2D eigenvalue weighted by Gasteiger charge is -2.26. The number of thiophene rings is 2. The average molecular weight is 826 g/mol. The Morgan fingerprint density at radius 1 is 0.290 bits per heavy atom. The van der Waals surface area contributed by atoms with Gasteiger partial charge in [0, 0.05) is 63.3 Å². The summed E-state index contributed by atoms with van der Waals surface area (Å²) in [6.07, 6.45) is 0. The number of fused-ring (bicyclic) bond motifs is 7. The van der Waals surface area contributed by atoms with Crippen molar-refractivity contribution in [3.8, 4) is 22.3 Å². The van der Waals surface area contributed by atoms with Crippen molar-refractivity contribution in [3.05, 3.63) is 247 Å². The maximum Gasteiger partial charge on any atom is 0.0468 e. The minimum atomic E-state index is 0.0741. The number of hydrogen-bond donors (Lipinski definition) is 0. The molecule has 3 heteroatoms. The van der Waals surface area contributed by atoms with Crippen LogP contribution in [0.4, 0.5) is 17.1 Å². The Morgan fingerprint density at radius 2 is 0.806 bits per heavy atom. The number of benzene rings is 10. The van der Waals surface area contributed by atoms with E-state index in [1.807, 2.05) is 22.7 Å². The molecule has 1 nitrogen and oxygen atoms in total. The lowest BCUT2D eigenvalue weighted by Crippen LogP contribution is -2.09. The molecule has 62 heavy (non-hydrogen) atoms. The zero-order valence-electron chi connectivity index (χ0n) is 33.8. The molecule has 2 aromatic heterocycles. The largest absolute Gasteiger partial charge is 0.310 e. The van der Waals surface area contributed by atoms with Gasteiger partial charge in [0.1, 0.15) is 0 Å². The van der Waals surface area contributed by atoms with E-state index >= 15 is 0 Å². The van der Waals surface area contributed by atoms with E-state index in [4.69, 9.17) is 0 Å². The normalized spacial score (nSPS) is 12.1. The van der Waals surface area contributed by atoms with Crippen LogP contribution in [0.1, 0.15) is 22.6 Å². The van der Waals surface area contributed by atoms with Gasteiger partial charge in [0.25, 0.3) is 0 Å². The summed E-state index contributed by atoms with van der Waals surface area (Å²) in [5.41, 5.74) is 12.2. The molecule has 0 saturated carbocycles. The van der Waals surface area contributed by atoms with Gasteiger partial charge < -0.3 is 4.90 Å². The molecule has 0 saturated heterocycles. The standard InChI is InChI=1S/C59H39NS2/c1-3-12-39(13-4-1)40-22-24-43(25-23-40)59(44-28-33-52-51-19-9-10-21-55(51)61-57(52)36-44)45-29-34-53-54-38-48(32-35-56(54)62-58(53)37-45)60(46-16-5-2-6-17-46)47-30-26-42(27-31-47)50-20-11-15-41-14-7-8-18-49(41)50/h1-38,59H. The van der Waals surface area contributed by atoms with E-state index in [0.717, 1.165) is 17.1 Å². The lowest BCUT2D eigenvalue weighted by atomic mass is 9.84. The number of rotatable bonds is 8. The highest BCUT2D eigenvalue weighted by Gasteiger charge is 2.21. The number of anilines is 3. The second-order valence-corrected chi connectivity index (χ2v) is 18.2. The molecule has 12 rings (SSSR count). The Kier molecular flexibility index (Phi) is 9.02. The molecule has 1 unspecified atom stereocenters. The molecular formula is C59H39NS2. The van der Waals surface area contributed by atoms with Crippen LogP contribution in [0, 0.1) is 0 Å². The van der Waals surface area contributed by atoms with Gasteiger partial charge in [-0.2, -0.15) is 0 Å². The Balaban J connectivity index is 0.950. The number of para-hydroxylation sites is 1. The fourth-order valence-electron chi connectivity index (χ4n) is 9.39. The highest BCUT2D eigenvalue weighted by molar-refractivity contribution is 7.26. The maximum atomic E-state index is 2.45. The molecule has 12 aromatic rings. The van der Waals surface area contributed by atoms with Crippen LogP contribution in [0.2, 0.25) is 0 Å². The van der Waals surface area contributed by atoms with E-state index in [2.05, 4.69) is 235 Å². The molecule has 292 valence electrons. The van der Waals surface area contributed by atoms with E-state index in [1.54, 1.807) is 0 Å². The Hall–Kier alpha value is -7.30. The Morgan fingerprint density at radius 3 is 1.55 bits per heavy atom. The smallest absolute Gasteiger partial charge is 0.0468 e. The van der Waals surface area contributed by atoms with Crippen molar-refractivity contribution in [2.24, 2.45) is 0 Å². The summed E-state index contributed by atoms with van der Waals surface area (Å²) in [7, 11) is 0. The van der Waals surface area contributed by atoms with Gasteiger partial charge in [-0.3, -0.25) is 0 Å². The molecule has 0 radical (unpaired) electrons. The first-order chi connectivity index (χ1) is 30.7. The van der Waals surface area contributed by atoms with Crippen LogP contribution in [0.25, 0.3) is 73.4 Å². The van der Waals surface area contributed by atoms with Gasteiger partial charge in [-0.05, 0) is 110 Å². The minimum absolute atomic E-state index is 0.0741. The molecule has 0 aliphatic rings. The van der Waals surface area contributed by atoms with Crippen molar-refractivity contribution in [1.29, 1.82) is 0 Å². The molecule has 0 bridgehead atoms. The van der Waals surface area contributed by atoms with E-state index in [-0.39, 0.29) is 5.92 Å². The highest BCUT2D eigenvalue weighted by Crippen LogP contribution is 2.44.